The summed E-state index contributed by atoms with van der Waals surface area (Å²) >= 11 is 0. The molecule has 0 aliphatic heterocycles. The minimum Gasteiger partial charge on any atom is -0.496 e. The van der Waals surface area contributed by atoms with E-state index in [4.69, 9.17) is 8.92 Å². The second kappa shape index (κ2) is 6.01. The van der Waals surface area contributed by atoms with E-state index in [0.717, 1.165) is 16.7 Å². The lowest BCUT2D eigenvalue weighted by Crippen LogP contribution is -2.12. The van der Waals surface area contributed by atoms with Gasteiger partial charge in [0.05, 0.1) is 7.11 Å². The molecule has 118 valence electrons. The summed E-state index contributed by atoms with van der Waals surface area (Å²) in [5, 5.41) is 0. The van der Waals surface area contributed by atoms with Gasteiger partial charge in [0.1, 0.15) is 16.4 Å². The maximum Gasteiger partial charge on any atom is 0.339 e. The monoisotopic (exact) mass is 320 g/mol. The molecule has 0 bridgehead atoms. The third-order valence-electron chi connectivity index (χ3n) is 3.36. The Hall–Kier alpha value is -2.01. The molecule has 0 amide bonds. The predicted octanol–water partition coefficient (Wildman–Crippen LogP) is 3.70. The van der Waals surface area contributed by atoms with E-state index >= 15 is 0 Å². The van der Waals surface area contributed by atoms with E-state index in [1.807, 2.05) is 19.9 Å². The zero-order valence-electron chi connectivity index (χ0n) is 13.4. The molecular weight excluding hydrogens is 300 g/mol. The number of rotatable bonds is 4. The van der Waals surface area contributed by atoms with Crippen LogP contribution >= 0.6 is 0 Å². The highest BCUT2D eigenvalue weighted by molar-refractivity contribution is 7.87. The first-order valence-electron chi connectivity index (χ1n) is 6.91. The van der Waals surface area contributed by atoms with E-state index in [-0.39, 0.29) is 4.90 Å². The number of aryl methyl sites for hydroxylation is 4. The van der Waals surface area contributed by atoms with Crippen LogP contribution in [-0.2, 0) is 10.1 Å². The fraction of sp³-hybridized carbons (Fsp3) is 0.294. The molecular formula is C17H20O4S. The average Bonchev–Trinajstić information content (AvgIpc) is 2.38. The van der Waals surface area contributed by atoms with Crippen molar-refractivity contribution in [3.05, 3.63) is 52.6 Å². The largest absolute Gasteiger partial charge is 0.496 e. The maximum absolute atomic E-state index is 12.5. The van der Waals surface area contributed by atoms with Gasteiger partial charge < -0.3 is 8.92 Å². The summed E-state index contributed by atoms with van der Waals surface area (Å²) in [4.78, 5) is 0.157. The summed E-state index contributed by atoms with van der Waals surface area (Å²) in [6.07, 6.45) is 0. The van der Waals surface area contributed by atoms with Crippen LogP contribution in [0.2, 0.25) is 0 Å². The van der Waals surface area contributed by atoms with E-state index in [2.05, 4.69) is 0 Å². The van der Waals surface area contributed by atoms with Crippen LogP contribution in [0.4, 0.5) is 0 Å². The maximum atomic E-state index is 12.5. The van der Waals surface area contributed by atoms with Gasteiger partial charge in [0.15, 0.2) is 0 Å². The highest BCUT2D eigenvalue weighted by atomic mass is 32.2. The van der Waals surface area contributed by atoms with E-state index in [9.17, 15) is 8.42 Å². The zero-order chi connectivity index (χ0) is 16.5. The molecule has 22 heavy (non-hydrogen) atoms. The molecule has 0 spiro atoms. The van der Waals surface area contributed by atoms with E-state index < -0.39 is 10.1 Å². The quantitative estimate of drug-likeness (QED) is 0.806. The van der Waals surface area contributed by atoms with E-state index in [1.165, 1.54) is 0 Å². The second-order valence-electron chi connectivity index (χ2n) is 5.45. The van der Waals surface area contributed by atoms with Gasteiger partial charge >= 0.3 is 10.1 Å². The van der Waals surface area contributed by atoms with Gasteiger partial charge in [-0.05, 0) is 74.2 Å². The first kappa shape index (κ1) is 16.4. The Bertz CT molecular complexity index is 787. The Labute approximate surface area is 131 Å². The molecule has 0 saturated carbocycles. The van der Waals surface area contributed by atoms with Crippen LogP contribution in [0.3, 0.4) is 0 Å². The third-order valence-corrected chi connectivity index (χ3v) is 4.75. The normalized spacial score (nSPS) is 11.3. The second-order valence-corrected chi connectivity index (χ2v) is 6.96. The molecule has 4 nitrogen and oxygen atoms in total. The lowest BCUT2D eigenvalue weighted by Gasteiger charge is -2.13. The molecule has 0 aliphatic rings. The van der Waals surface area contributed by atoms with Crippen molar-refractivity contribution in [3.8, 4) is 11.5 Å². The molecule has 0 unspecified atom stereocenters. The van der Waals surface area contributed by atoms with Crippen molar-refractivity contribution >= 4 is 10.1 Å². The number of benzene rings is 2. The summed E-state index contributed by atoms with van der Waals surface area (Å²) in [6, 6.07) is 8.65. The van der Waals surface area contributed by atoms with Crippen LogP contribution < -0.4 is 8.92 Å². The lowest BCUT2D eigenvalue weighted by molar-refractivity contribution is 0.410. The Kier molecular flexibility index (Phi) is 4.47. The zero-order valence-corrected chi connectivity index (χ0v) is 14.2. The molecule has 0 N–H and O–H groups in total. The topological polar surface area (TPSA) is 52.6 Å². The van der Waals surface area contributed by atoms with Gasteiger partial charge in [0.2, 0.25) is 0 Å². The number of methoxy groups -OCH3 is 1. The molecule has 0 heterocycles. The van der Waals surface area contributed by atoms with Crippen LogP contribution in [0.1, 0.15) is 22.3 Å². The molecule has 0 aliphatic carbocycles. The van der Waals surface area contributed by atoms with Gasteiger partial charge in [0, 0.05) is 0 Å². The van der Waals surface area contributed by atoms with Gasteiger partial charge in [-0.25, -0.2) is 0 Å². The average molecular weight is 320 g/mol. The van der Waals surface area contributed by atoms with Gasteiger partial charge in [-0.15, -0.1) is 0 Å². The molecule has 2 rings (SSSR count). The first-order chi connectivity index (χ1) is 10.2. The highest BCUT2D eigenvalue weighted by Gasteiger charge is 2.21. The van der Waals surface area contributed by atoms with Crippen molar-refractivity contribution in [1.82, 2.24) is 0 Å². The molecule has 0 atom stereocenters. The molecule has 2 aromatic rings. The smallest absolute Gasteiger partial charge is 0.339 e. The SMILES string of the molecule is COc1cc(C)c(S(=O)(=O)Oc2cc(C)cc(C)c2)cc1C. The van der Waals surface area contributed by atoms with Crippen molar-refractivity contribution < 1.29 is 17.3 Å². The summed E-state index contributed by atoms with van der Waals surface area (Å²) in [5.41, 5.74) is 3.24. The Morgan fingerprint density at radius 2 is 1.41 bits per heavy atom. The molecule has 2 aromatic carbocycles. The molecule has 0 aromatic heterocycles. The van der Waals surface area contributed by atoms with Crippen LogP contribution in [0.15, 0.2) is 35.2 Å². The molecule has 5 heteroatoms. The van der Waals surface area contributed by atoms with E-state index in [1.54, 1.807) is 45.2 Å². The van der Waals surface area contributed by atoms with Crippen LogP contribution in [0, 0.1) is 27.7 Å². The summed E-state index contributed by atoms with van der Waals surface area (Å²) in [5.74, 6) is 0.980. The summed E-state index contributed by atoms with van der Waals surface area (Å²) in [6.45, 7) is 7.32. The first-order valence-corrected chi connectivity index (χ1v) is 8.32. The third kappa shape index (κ3) is 3.42. The van der Waals surface area contributed by atoms with Crippen molar-refractivity contribution in [2.24, 2.45) is 0 Å². The number of hydrogen-bond donors (Lipinski definition) is 0. The number of ether oxygens (including phenoxy) is 1. The lowest BCUT2D eigenvalue weighted by atomic mass is 10.1. The van der Waals surface area contributed by atoms with Crippen molar-refractivity contribution in [1.29, 1.82) is 0 Å². The van der Waals surface area contributed by atoms with Gasteiger partial charge in [0.25, 0.3) is 0 Å². The number of hydrogen-bond acceptors (Lipinski definition) is 4. The standard InChI is InChI=1S/C17H20O4S/c1-11-6-12(2)8-15(7-11)21-22(18,19)17-10-13(3)16(20-5)9-14(17)4/h6-10H,1-5H3. The highest BCUT2D eigenvalue weighted by Crippen LogP contribution is 2.28. The Morgan fingerprint density at radius 1 is 0.818 bits per heavy atom. The predicted molar refractivity (Wildman–Crippen MR) is 86.2 cm³/mol. The molecule has 0 fully saturated rings. The fourth-order valence-corrected chi connectivity index (χ4v) is 3.62. The Morgan fingerprint density at radius 3 is 1.95 bits per heavy atom. The molecule has 0 radical (unpaired) electrons. The minimum atomic E-state index is -3.88. The summed E-state index contributed by atoms with van der Waals surface area (Å²) in [7, 11) is -2.32. The molecule has 0 saturated heterocycles. The van der Waals surface area contributed by atoms with Crippen LogP contribution in [0.5, 0.6) is 11.5 Å². The van der Waals surface area contributed by atoms with Gasteiger partial charge in [-0.1, -0.05) is 6.07 Å². The van der Waals surface area contributed by atoms with Crippen molar-refractivity contribution in [2.45, 2.75) is 32.6 Å². The van der Waals surface area contributed by atoms with Crippen LogP contribution in [0.25, 0.3) is 0 Å². The fourth-order valence-electron chi connectivity index (χ4n) is 2.41. The van der Waals surface area contributed by atoms with Crippen LogP contribution in [-0.4, -0.2) is 15.5 Å². The van der Waals surface area contributed by atoms with Crippen molar-refractivity contribution in [3.63, 3.8) is 0 Å². The van der Waals surface area contributed by atoms with Gasteiger partial charge in [-0.3, -0.25) is 0 Å². The van der Waals surface area contributed by atoms with Crippen molar-refractivity contribution in [2.75, 3.05) is 7.11 Å². The summed E-state index contributed by atoms with van der Waals surface area (Å²) < 4.78 is 35.6. The van der Waals surface area contributed by atoms with E-state index in [0.29, 0.717) is 17.1 Å². The van der Waals surface area contributed by atoms with Gasteiger partial charge in [-0.2, -0.15) is 8.42 Å². The minimum absolute atomic E-state index is 0.157. The Balaban J connectivity index is 2.44.